The van der Waals surface area contributed by atoms with Gasteiger partial charge < -0.3 is 19.5 Å². The Morgan fingerprint density at radius 2 is 2.03 bits per heavy atom. The van der Waals surface area contributed by atoms with Crippen molar-refractivity contribution in [2.24, 2.45) is 0 Å². The van der Waals surface area contributed by atoms with Gasteiger partial charge in [-0.05, 0) is 32.1 Å². The van der Waals surface area contributed by atoms with Crippen molar-refractivity contribution >= 4 is 22.6 Å². The second kappa shape index (κ2) is 7.43. The minimum absolute atomic E-state index is 0.0128. The number of nitriles is 1. The minimum atomic E-state index is -0.428. The van der Waals surface area contributed by atoms with Gasteiger partial charge in [0.1, 0.15) is 28.2 Å². The van der Waals surface area contributed by atoms with E-state index in [9.17, 15) is 20.3 Å². The van der Waals surface area contributed by atoms with Crippen LogP contribution in [-0.2, 0) is 0 Å². The van der Waals surface area contributed by atoms with Gasteiger partial charge in [-0.3, -0.25) is 4.79 Å². The minimum Gasteiger partial charge on any atom is -0.507 e. The maximum Gasteiger partial charge on any atom is 0.197 e. The highest BCUT2D eigenvalue weighted by molar-refractivity contribution is 6.33. The molecular weight excluding hydrogens is 392 g/mol. The largest absolute Gasteiger partial charge is 0.507 e. The number of fused-ring (bicyclic) bond motifs is 1. The molecule has 1 saturated heterocycles. The number of aromatic hydroxyl groups is 2. The van der Waals surface area contributed by atoms with Crippen LogP contribution in [0.2, 0.25) is 5.02 Å². The molecule has 0 spiro atoms. The highest BCUT2D eigenvalue weighted by Crippen LogP contribution is 2.45. The zero-order valence-corrected chi connectivity index (χ0v) is 16.5. The molecule has 1 fully saturated rings. The molecule has 2 aromatic carbocycles. The van der Waals surface area contributed by atoms with Gasteiger partial charge in [-0.2, -0.15) is 5.26 Å². The van der Waals surface area contributed by atoms with Gasteiger partial charge in [-0.1, -0.05) is 23.7 Å². The van der Waals surface area contributed by atoms with E-state index < -0.39 is 5.43 Å². The lowest BCUT2D eigenvalue weighted by Gasteiger charge is -2.24. The number of hydrogen-bond acceptors (Lipinski definition) is 6. The fraction of sp³-hybridized carbons (Fsp3) is 0.273. The Morgan fingerprint density at radius 3 is 2.76 bits per heavy atom. The molecule has 6 nitrogen and oxygen atoms in total. The molecule has 0 bridgehead atoms. The van der Waals surface area contributed by atoms with Crippen LogP contribution in [0.1, 0.15) is 24.3 Å². The monoisotopic (exact) mass is 410 g/mol. The molecule has 0 amide bonds. The molecule has 7 heteroatoms. The summed E-state index contributed by atoms with van der Waals surface area (Å²) in [5.41, 5.74) is 0.684. The van der Waals surface area contributed by atoms with Gasteiger partial charge in [0.15, 0.2) is 5.43 Å². The Morgan fingerprint density at radius 1 is 1.28 bits per heavy atom. The van der Waals surface area contributed by atoms with E-state index in [4.69, 9.17) is 16.0 Å². The van der Waals surface area contributed by atoms with Crippen LogP contribution in [-0.4, -0.2) is 34.7 Å². The van der Waals surface area contributed by atoms with E-state index in [-0.39, 0.29) is 46.6 Å². The van der Waals surface area contributed by atoms with Crippen molar-refractivity contribution < 1.29 is 14.6 Å². The lowest BCUT2D eigenvalue weighted by atomic mass is 9.88. The Hall–Kier alpha value is -3.01. The van der Waals surface area contributed by atoms with Gasteiger partial charge in [-0.25, -0.2) is 0 Å². The molecule has 1 aliphatic rings. The molecular formula is C22H19ClN2O4. The third-order valence-corrected chi connectivity index (χ3v) is 5.96. The summed E-state index contributed by atoms with van der Waals surface area (Å²) >= 11 is 6.27. The van der Waals surface area contributed by atoms with Crippen LogP contribution in [0.4, 0.5) is 0 Å². The molecule has 29 heavy (non-hydrogen) atoms. The highest BCUT2D eigenvalue weighted by atomic mass is 35.5. The molecule has 2 N–H and O–H groups in total. The number of phenolic OH excluding ortho intramolecular Hbond substituents is 2. The summed E-state index contributed by atoms with van der Waals surface area (Å²) in [6.07, 6.45) is 0.966. The van der Waals surface area contributed by atoms with Crippen LogP contribution >= 0.6 is 11.6 Å². The van der Waals surface area contributed by atoms with Gasteiger partial charge in [0, 0.05) is 35.2 Å². The van der Waals surface area contributed by atoms with Gasteiger partial charge in [0.05, 0.1) is 17.5 Å². The average Bonchev–Trinajstić information content (AvgIpc) is 3.02. The summed E-state index contributed by atoms with van der Waals surface area (Å²) in [5, 5.41) is 30.7. The topological polar surface area (TPSA) is 97.7 Å². The molecule has 0 unspecified atom stereocenters. The van der Waals surface area contributed by atoms with Crippen molar-refractivity contribution in [2.75, 3.05) is 13.6 Å². The van der Waals surface area contributed by atoms with E-state index in [1.807, 2.05) is 7.05 Å². The van der Waals surface area contributed by atoms with Crippen molar-refractivity contribution in [1.29, 1.82) is 5.26 Å². The van der Waals surface area contributed by atoms with E-state index in [2.05, 4.69) is 11.0 Å². The number of hydrogen-bond donors (Lipinski definition) is 2. The van der Waals surface area contributed by atoms with Crippen LogP contribution in [0.15, 0.2) is 45.6 Å². The van der Waals surface area contributed by atoms with Gasteiger partial charge in [0.25, 0.3) is 0 Å². The van der Waals surface area contributed by atoms with Gasteiger partial charge in [0.2, 0.25) is 0 Å². The lowest BCUT2D eigenvalue weighted by molar-refractivity contribution is 0.299. The second-order valence-electron chi connectivity index (χ2n) is 7.29. The number of rotatable bonds is 3. The molecule has 4 rings (SSSR count). The van der Waals surface area contributed by atoms with Crippen molar-refractivity contribution in [2.45, 2.75) is 24.8 Å². The lowest BCUT2D eigenvalue weighted by Crippen LogP contribution is -2.28. The number of nitrogens with zero attached hydrogens (tertiary/aromatic N) is 2. The fourth-order valence-corrected chi connectivity index (χ4v) is 4.44. The molecule has 148 valence electrons. The quantitative estimate of drug-likeness (QED) is 0.670. The van der Waals surface area contributed by atoms with Crippen LogP contribution in [0, 0.1) is 11.3 Å². The molecule has 1 aliphatic heterocycles. The van der Waals surface area contributed by atoms with E-state index >= 15 is 0 Å². The van der Waals surface area contributed by atoms with Gasteiger partial charge in [-0.15, -0.1) is 0 Å². The smallest absolute Gasteiger partial charge is 0.197 e. The van der Waals surface area contributed by atoms with Crippen LogP contribution in [0.25, 0.3) is 22.3 Å². The Labute approximate surface area is 172 Å². The summed E-state index contributed by atoms with van der Waals surface area (Å²) in [5.74, 6) is -0.462. The van der Waals surface area contributed by atoms with Crippen molar-refractivity contribution in [3.63, 3.8) is 0 Å². The van der Waals surface area contributed by atoms with Crippen LogP contribution in [0.5, 0.6) is 11.5 Å². The van der Waals surface area contributed by atoms with E-state index in [1.54, 1.807) is 24.3 Å². The molecule has 0 aliphatic carbocycles. The first-order chi connectivity index (χ1) is 13.9. The first-order valence-electron chi connectivity index (χ1n) is 9.27. The van der Waals surface area contributed by atoms with Crippen molar-refractivity contribution in [3.05, 3.63) is 57.2 Å². The first kappa shape index (κ1) is 19.3. The number of likely N-dealkylation sites (N-methyl/N-ethyl adjacent to an activating group) is 1. The standard InChI is InChI=1S/C22H19ClN2O4/c1-25-9-7-13(15(25)6-8-24)20-16(26)10-17(27)21-18(28)11-19(29-22(20)21)12-4-2-3-5-14(12)23/h2-5,10-11,13,15,26-27H,6-7,9H2,1H3/t13-,15+/m0/s1. The first-order valence-corrected chi connectivity index (χ1v) is 9.65. The number of likely N-dealkylation sites (tertiary alicyclic amines) is 1. The Balaban J connectivity index is 2.01. The predicted molar refractivity (Wildman–Crippen MR) is 110 cm³/mol. The third-order valence-electron chi connectivity index (χ3n) is 5.63. The van der Waals surface area contributed by atoms with E-state index in [0.717, 1.165) is 6.54 Å². The molecule has 0 radical (unpaired) electrons. The fourth-order valence-electron chi connectivity index (χ4n) is 4.21. The molecule has 3 aromatic rings. The summed E-state index contributed by atoms with van der Waals surface area (Å²) in [6.45, 7) is 0.743. The highest BCUT2D eigenvalue weighted by Gasteiger charge is 2.37. The van der Waals surface area contributed by atoms with Crippen molar-refractivity contribution in [1.82, 2.24) is 4.90 Å². The maximum atomic E-state index is 12.8. The summed E-state index contributed by atoms with van der Waals surface area (Å²) in [7, 11) is 1.92. The van der Waals surface area contributed by atoms with Crippen molar-refractivity contribution in [3.8, 4) is 28.9 Å². The van der Waals surface area contributed by atoms with Crippen LogP contribution in [0.3, 0.4) is 0 Å². The zero-order valence-electron chi connectivity index (χ0n) is 15.7. The number of benzene rings is 2. The van der Waals surface area contributed by atoms with Gasteiger partial charge >= 0.3 is 0 Å². The predicted octanol–water partition coefficient (Wildman–Crippen LogP) is 4.23. The van der Waals surface area contributed by atoms with Crippen LogP contribution < -0.4 is 5.43 Å². The molecule has 0 saturated carbocycles. The average molecular weight is 411 g/mol. The summed E-state index contributed by atoms with van der Waals surface area (Å²) in [4.78, 5) is 14.9. The summed E-state index contributed by atoms with van der Waals surface area (Å²) < 4.78 is 6.07. The normalized spacial score (nSPS) is 19.5. The third kappa shape index (κ3) is 3.23. The molecule has 1 aromatic heterocycles. The van der Waals surface area contributed by atoms with E-state index in [1.165, 1.54) is 12.1 Å². The molecule has 2 heterocycles. The molecule has 2 atom stereocenters. The number of halogens is 1. The van der Waals surface area contributed by atoms with E-state index in [0.29, 0.717) is 22.6 Å². The Bertz CT molecular complexity index is 1200. The number of phenols is 2. The zero-order chi connectivity index (χ0) is 20.7. The SMILES string of the molecule is CN1CC[C@H](c2c(O)cc(O)c3c(=O)cc(-c4ccccc4Cl)oc23)[C@H]1CC#N. The second-order valence-corrected chi connectivity index (χ2v) is 7.70. The summed E-state index contributed by atoms with van der Waals surface area (Å²) in [6, 6.07) is 11.5. The Kier molecular flexibility index (Phi) is 4.95. The maximum absolute atomic E-state index is 12.8.